The van der Waals surface area contributed by atoms with Gasteiger partial charge in [0.05, 0.1) is 20.7 Å². The lowest BCUT2D eigenvalue weighted by Crippen LogP contribution is -2.42. The van der Waals surface area contributed by atoms with Gasteiger partial charge in [-0.2, -0.15) is 13.2 Å². The Morgan fingerprint density at radius 2 is 1.63 bits per heavy atom. The van der Waals surface area contributed by atoms with Gasteiger partial charge >= 0.3 is 12.5 Å². The number of aryl methyl sites for hydroxylation is 1. The summed E-state index contributed by atoms with van der Waals surface area (Å²) in [6.45, 7) is 1.47. The van der Waals surface area contributed by atoms with Crippen LogP contribution in [0.25, 0.3) is 0 Å². The Balaban J connectivity index is 1.51. The number of ether oxygens (including phenoxy) is 1. The van der Waals surface area contributed by atoms with Gasteiger partial charge in [-0.25, -0.2) is 8.60 Å². The van der Waals surface area contributed by atoms with Crippen LogP contribution in [0.4, 0.5) is 30.7 Å². The fraction of sp³-hybridized carbons (Fsp3) is 0.200. The lowest BCUT2D eigenvalue weighted by molar-refractivity contribution is -0.276. The van der Waals surface area contributed by atoms with E-state index in [4.69, 9.17) is 28.0 Å². The Morgan fingerprint density at radius 1 is 1.02 bits per heavy atom. The van der Waals surface area contributed by atoms with Crippen molar-refractivity contribution in [3.8, 4) is 5.75 Å². The molecule has 3 aromatic rings. The van der Waals surface area contributed by atoms with Crippen molar-refractivity contribution in [1.29, 1.82) is 0 Å². The van der Waals surface area contributed by atoms with Crippen LogP contribution in [0.3, 0.4) is 0 Å². The Morgan fingerprint density at radius 3 is 2.17 bits per heavy atom. The molecule has 0 saturated carbocycles. The van der Waals surface area contributed by atoms with Crippen molar-refractivity contribution in [2.24, 2.45) is 5.16 Å². The van der Waals surface area contributed by atoms with Crippen LogP contribution in [-0.2, 0) is 21.4 Å². The molecule has 1 N–H and O–H groups in total. The van der Waals surface area contributed by atoms with E-state index in [1.165, 1.54) is 25.1 Å². The molecule has 41 heavy (non-hydrogen) atoms. The highest BCUT2D eigenvalue weighted by molar-refractivity contribution is 7.83. The van der Waals surface area contributed by atoms with Gasteiger partial charge in [-0.05, 0) is 66.6 Å². The summed E-state index contributed by atoms with van der Waals surface area (Å²) in [5.74, 6) is -2.46. The lowest BCUT2D eigenvalue weighted by atomic mass is 9.86. The van der Waals surface area contributed by atoms with Crippen LogP contribution in [0.5, 0.6) is 5.75 Å². The highest BCUT2D eigenvalue weighted by Gasteiger charge is 2.62. The molecule has 218 valence electrons. The van der Waals surface area contributed by atoms with E-state index in [1.807, 2.05) is 0 Å². The quantitative estimate of drug-likeness (QED) is 0.225. The summed E-state index contributed by atoms with van der Waals surface area (Å²) in [6.07, 6.45) is -10.7. The van der Waals surface area contributed by atoms with Crippen LogP contribution in [0.1, 0.15) is 33.5 Å². The Kier molecular flexibility index (Phi) is 8.31. The molecule has 0 aliphatic carbocycles. The minimum absolute atomic E-state index is 0.0119. The lowest BCUT2D eigenvalue weighted by Gasteiger charge is -2.29. The zero-order valence-corrected chi connectivity index (χ0v) is 22.6. The smallest absolute Gasteiger partial charge is 0.406 e. The molecule has 0 radical (unpaired) electrons. The number of carbonyl (C=O) groups excluding carboxylic acids is 1. The summed E-state index contributed by atoms with van der Waals surface area (Å²) in [7, 11) is -2.16. The first kappa shape index (κ1) is 30.6. The van der Waals surface area contributed by atoms with Gasteiger partial charge in [0.2, 0.25) is 0 Å². The predicted octanol–water partition coefficient (Wildman–Crippen LogP) is 7.37. The third-order valence-corrected chi connectivity index (χ3v) is 7.52. The summed E-state index contributed by atoms with van der Waals surface area (Å²) in [5, 5.41) is 2.33. The largest absolute Gasteiger partial charge is 0.573 e. The molecule has 1 aliphatic heterocycles. The third-order valence-electron chi connectivity index (χ3n) is 5.90. The topological polar surface area (TPSA) is 77.0 Å². The highest BCUT2D eigenvalue weighted by atomic mass is 35.5. The zero-order valence-electron chi connectivity index (χ0n) is 20.3. The van der Waals surface area contributed by atoms with Gasteiger partial charge in [0.1, 0.15) is 5.75 Å². The number of oxime groups is 1. The number of nitrogens with zero attached hydrogens (tertiary/aromatic N) is 1. The van der Waals surface area contributed by atoms with Gasteiger partial charge in [-0.15, -0.1) is 13.2 Å². The first-order valence-corrected chi connectivity index (χ1v) is 13.1. The summed E-state index contributed by atoms with van der Waals surface area (Å²) >= 11 is 11.4. The number of carbonyl (C=O) groups is 1. The maximum Gasteiger partial charge on any atom is 0.573 e. The van der Waals surface area contributed by atoms with Gasteiger partial charge in [0.15, 0.2) is 16.8 Å². The molecule has 0 bridgehead atoms. The van der Waals surface area contributed by atoms with Crippen molar-refractivity contribution < 1.29 is 49.3 Å². The maximum atomic E-state index is 14.2. The van der Waals surface area contributed by atoms with Crippen molar-refractivity contribution >= 4 is 45.8 Å². The standard InChI is InChI=1S/C25H15Cl2F7N2O4S/c1-12-8-13(20-11-23(40-35-20,24(29,30)31)14-9-18(26)21(28)19(27)10-14)2-7-17(12)22(37)36-41(38)16-5-3-15(4-6-16)39-25(32,33)34/h2-10H,11H2,1H3,(H,36,37). The second kappa shape index (κ2) is 11.1. The molecule has 0 aromatic heterocycles. The SMILES string of the molecule is Cc1cc(C2=NOC(c3cc(Cl)c(F)c(Cl)c3)(C(F)(F)F)C2)ccc1C(=O)NS(=O)c1ccc(OC(F)(F)F)cc1. The summed E-state index contributed by atoms with van der Waals surface area (Å²) in [4.78, 5) is 17.6. The molecule has 16 heteroatoms. The van der Waals surface area contributed by atoms with Crippen molar-refractivity contribution in [3.05, 3.63) is 92.7 Å². The first-order valence-electron chi connectivity index (χ1n) is 11.2. The van der Waals surface area contributed by atoms with E-state index in [9.17, 15) is 39.7 Å². The zero-order chi connectivity index (χ0) is 30.3. The van der Waals surface area contributed by atoms with Crippen molar-refractivity contribution in [2.75, 3.05) is 0 Å². The van der Waals surface area contributed by atoms with Crippen molar-refractivity contribution in [1.82, 2.24) is 4.72 Å². The average Bonchev–Trinajstić information content (AvgIpc) is 3.33. The second-order valence-electron chi connectivity index (χ2n) is 8.63. The van der Waals surface area contributed by atoms with Crippen LogP contribution in [-0.4, -0.2) is 28.4 Å². The molecule has 1 aliphatic rings. The van der Waals surface area contributed by atoms with Crippen LogP contribution in [0, 0.1) is 12.7 Å². The molecule has 2 atom stereocenters. The number of hydrogen-bond acceptors (Lipinski definition) is 5. The third kappa shape index (κ3) is 6.44. The Hall–Kier alpha value is -3.36. The van der Waals surface area contributed by atoms with Crippen LogP contribution in [0.2, 0.25) is 10.0 Å². The number of amides is 1. The van der Waals surface area contributed by atoms with E-state index in [-0.39, 0.29) is 27.3 Å². The molecule has 2 unspecified atom stereocenters. The van der Waals surface area contributed by atoms with Crippen LogP contribution < -0.4 is 9.46 Å². The molecule has 0 saturated heterocycles. The van der Waals surface area contributed by atoms with E-state index >= 15 is 0 Å². The number of rotatable bonds is 6. The van der Waals surface area contributed by atoms with Crippen LogP contribution in [0.15, 0.2) is 64.6 Å². The molecule has 0 fully saturated rings. The van der Waals surface area contributed by atoms with E-state index in [0.29, 0.717) is 0 Å². The fourth-order valence-electron chi connectivity index (χ4n) is 3.91. The summed E-state index contributed by atoms with van der Waals surface area (Å²) in [6, 6.07) is 9.42. The van der Waals surface area contributed by atoms with Crippen molar-refractivity contribution in [2.45, 2.75) is 36.4 Å². The van der Waals surface area contributed by atoms with E-state index < -0.39 is 68.6 Å². The van der Waals surface area contributed by atoms with Gasteiger partial charge < -0.3 is 9.57 Å². The number of halogens is 9. The monoisotopic (exact) mass is 642 g/mol. The first-order chi connectivity index (χ1) is 19.0. The molecular weight excluding hydrogens is 628 g/mol. The van der Waals surface area contributed by atoms with E-state index in [1.54, 1.807) is 0 Å². The van der Waals surface area contributed by atoms with E-state index in [0.717, 1.165) is 36.4 Å². The molecule has 6 nitrogen and oxygen atoms in total. The molecule has 1 amide bonds. The fourth-order valence-corrected chi connectivity index (χ4v) is 5.17. The van der Waals surface area contributed by atoms with Crippen LogP contribution >= 0.6 is 23.2 Å². The molecular formula is C25H15Cl2F7N2O4S. The highest BCUT2D eigenvalue weighted by Crippen LogP contribution is 2.50. The molecule has 1 heterocycles. The number of nitrogens with one attached hydrogen (secondary N) is 1. The molecule has 0 spiro atoms. The van der Waals surface area contributed by atoms with Gasteiger partial charge in [0.25, 0.3) is 11.5 Å². The van der Waals surface area contributed by atoms with Crippen molar-refractivity contribution in [3.63, 3.8) is 0 Å². The minimum Gasteiger partial charge on any atom is -0.406 e. The second-order valence-corrected chi connectivity index (χ2v) is 10.7. The number of benzene rings is 3. The summed E-state index contributed by atoms with van der Waals surface area (Å²) in [5.41, 5.74) is -3.26. The predicted molar refractivity (Wildman–Crippen MR) is 135 cm³/mol. The average molecular weight is 643 g/mol. The summed E-state index contributed by atoms with van der Waals surface area (Å²) < 4.78 is 112. The number of hydrogen-bond donors (Lipinski definition) is 1. The normalized spacial score (nSPS) is 18.0. The van der Waals surface area contributed by atoms with Gasteiger partial charge in [-0.1, -0.05) is 34.4 Å². The molecule has 4 rings (SSSR count). The Labute approximate surface area is 239 Å². The molecule has 3 aromatic carbocycles. The maximum absolute atomic E-state index is 14.2. The van der Waals surface area contributed by atoms with Gasteiger partial charge in [-0.3, -0.25) is 9.52 Å². The minimum atomic E-state index is -5.02. The van der Waals surface area contributed by atoms with Gasteiger partial charge in [0, 0.05) is 17.5 Å². The van der Waals surface area contributed by atoms with E-state index in [2.05, 4.69) is 14.6 Å². The Bertz CT molecular complexity index is 1540. The number of alkyl halides is 6.